The number of carbonyl (C=O) groups excluding carboxylic acids is 2. The van der Waals surface area contributed by atoms with Gasteiger partial charge < -0.3 is 10.1 Å². The van der Waals surface area contributed by atoms with Crippen molar-refractivity contribution in [3.8, 4) is 0 Å². The van der Waals surface area contributed by atoms with E-state index in [1.54, 1.807) is 42.7 Å². The lowest BCUT2D eigenvalue weighted by Gasteiger charge is -2.34. The minimum absolute atomic E-state index is 0.183. The number of piperidine rings is 1. The van der Waals surface area contributed by atoms with Gasteiger partial charge in [0.15, 0.2) is 6.10 Å². The number of aromatic nitrogens is 1. The van der Waals surface area contributed by atoms with Crippen molar-refractivity contribution in [3.05, 3.63) is 66.0 Å². The maximum Gasteiger partial charge on any atom is 0.325 e. The fourth-order valence-corrected chi connectivity index (χ4v) is 5.75. The van der Waals surface area contributed by atoms with Gasteiger partial charge in [-0.1, -0.05) is 50.2 Å². The van der Waals surface area contributed by atoms with Gasteiger partial charge in [0.05, 0.1) is 5.75 Å². The van der Waals surface area contributed by atoms with Crippen molar-refractivity contribution >= 4 is 21.9 Å². The molecule has 0 radical (unpaired) electrons. The second kappa shape index (κ2) is 12.1. The Bertz CT molecular complexity index is 1050. The summed E-state index contributed by atoms with van der Waals surface area (Å²) in [6.45, 7) is 4.28. The van der Waals surface area contributed by atoms with E-state index in [0.717, 1.165) is 12.0 Å². The topological polar surface area (TPSA) is 106 Å². The van der Waals surface area contributed by atoms with Crippen LogP contribution in [0.1, 0.15) is 50.7 Å². The zero-order valence-corrected chi connectivity index (χ0v) is 20.5. The van der Waals surface area contributed by atoms with E-state index >= 15 is 0 Å². The largest absolute Gasteiger partial charge is 0.451 e. The maximum absolute atomic E-state index is 13.2. The highest BCUT2D eigenvalue weighted by atomic mass is 32.2. The van der Waals surface area contributed by atoms with Crippen LogP contribution in [0, 0.1) is 5.92 Å². The van der Waals surface area contributed by atoms with E-state index in [9.17, 15) is 18.0 Å². The molecule has 3 rings (SSSR count). The Morgan fingerprint density at radius 2 is 1.88 bits per heavy atom. The van der Waals surface area contributed by atoms with Crippen LogP contribution < -0.4 is 5.32 Å². The Labute approximate surface area is 201 Å². The Hall–Kier alpha value is -2.78. The van der Waals surface area contributed by atoms with Crippen LogP contribution in [0.15, 0.2) is 54.9 Å². The van der Waals surface area contributed by atoms with E-state index in [4.69, 9.17) is 4.74 Å². The molecule has 1 saturated heterocycles. The SMILES string of the molecule is CCC(C)C(OC(=O)C1CCCCN1S(=O)(=O)Cc1ccccc1)C(=O)NCc1cccnc1. The average molecular weight is 488 g/mol. The molecular weight excluding hydrogens is 454 g/mol. The molecule has 0 spiro atoms. The summed E-state index contributed by atoms with van der Waals surface area (Å²) >= 11 is 0. The van der Waals surface area contributed by atoms with E-state index in [1.165, 1.54) is 4.31 Å². The first-order chi connectivity index (χ1) is 16.3. The van der Waals surface area contributed by atoms with E-state index in [2.05, 4.69) is 10.3 Å². The van der Waals surface area contributed by atoms with E-state index < -0.39 is 34.0 Å². The number of rotatable bonds is 10. The fraction of sp³-hybridized carbons (Fsp3) is 0.480. The predicted octanol–water partition coefficient (Wildman–Crippen LogP) is 3.04. The molecule has 1 aromatic carbocycles. The third kappa shape index (κ3) is 6.87. The molecule has 1 aliphatic heterocycles. The highest BCUT2D eigenvalue weighted by molar-refractivity contribution is 7.88. The molecule has 2 aromatic rings. The van der Waals surface area contributed by atoms with E-state index in [0.29, 0.717) is 24.8 Å². The highest BCUT2D eigenvalue weighted by Crippen LogP contribution is 2.25. The van der Waals surface area contributed by atoms with Gasteiger partial charge in [0.2, 0.25) is 10.0 Å². The summed E-state index contributed by atoms with van der Waals surface area (Å²) in [5, 5.41) is 2.81. The molecule has 1 amide bonds. The summed E-state index contributed by atoms with van der Waals surface area (Å²) in [4.78, 5) is 30.1. The quantitative estimate of drug-likeness (QED) is 0.517. The van der Waals surface area contributed by atoms with Gasteiger partial charge in [-0.3, -0.25) is 14.6 Å². The number of nitrogens with zero attached hydrogens (tertiary/aromatic N) is 2. The molecule has 184 valence electrons. The van der Waals surface area contributed by atoms with Crippen LogP contribution in [-0.4, -0.2) is 48.3 Å². The summed E-state index contributed by atoms with van der Waals surface area (Å²) in [6.07, 6.45) is 4.70. The molecule has 0 aliphatic carbocycles. The Balaban J connectivity index is 1.71. The van der Waals surface area contributed by atoms with Crippen molar-refractivity contribution in [2.75, 3.05) is 6.54 Å². The minimum Gasteiger partial charge on any atom is -0.451 e. The number of ether oxygens (including phenoxy) is 1. The molecule has 1 N–H and O–H groups in total. The first kappa shape index (κ1) is 25.8. The Kier molecular flexibility index (Phi) is 9.18. The summed E-state index contributed by atoms with van der Waals surface area (Å²) < 4.78 is 33.3. The number of amides is 1. The van der Waals surface area contributed by atoms with Crippen LogP contribution >= 0.6 is 0 Å². The van der Waals surface area contributed by atoms with Gasteiger partial charge in [0.25, 0.3) is 5.91 Å². The molecule has 34 heavy (non-hydrogen) atoms. The molecule has 1 aromatic heterocycles. The normalized spacial score (nSPS) is 18.6. The first-order valence-electron chi connectivity index (χ1n) is 11.7. The third-order valence-electron chi connectivity index (χ3n) is 6.13. The third-order valence-corrected chi connectivity index (χ3v) is 7.98. The zero-order chi connectivity index (χ0) is 24.6. The molecule has 1 fully saturated rings. The minimum atomic E-state index is -3.73. The van der Waals surface area contributed by atoms with Gasteiger partial charge in [0.1, 0.15) is 6.04 Å². The van der Waals surface area contributed by atoms with Crippen molar-refractivity contribution in [2.45, 2.75) is 64.0 Å². The lowest BCUT2D eigenvalue weighted by atomic mass is 10.00. The van der Waals surface area contributed by atoms with Crippen molar-refractivity contribution in [2.24, 2.45) is 5.92 Å². The summed E-state index contributed by atoms with van der Waals surface area (Å²) in [6, 6.07) is 11.6. The van der Waals surface area contributed by atoms with Crippen LogP contribution in [0.25, 0.3) is 0 Å². The van der Waals surface area contributed by atoms with Crippen molar-refractivity contribution in [3.63, 3.8) is 0 Å². The lowest BCUT2D eigenvalue weighted by Crippen LogP contribution is -2.51. The molecule has 3 unspecified atom stereocenters. The molecule has 0 saturated carbocycles. The standard InChI is InChI=1S/C25H33N3O5S/c1-3-19(2)23(24(29)27-17-21-12-9-14-26-16-21)33-25(30)22-13-7-8-15-28(22)34(31,32)18-20-10-5-4-6-11-20/h4-6,9-12,14,16,19,22-23H,3,7-8,13,15,17-18H2,1-2H3,(H,27,29). The van der Waals surface area contributed by atoms with Gasteiger partial charge in [-0.15, -0.1) is 0 Å². The van der Waals surface area contributed by atoms with Crippen LogP contribution in [0.3, 0.4) is 0 Å². The van der Waals surface area contributed by atoms with Crippen molar-refractivity contribution in [1.29, 1.82) is 0 Å². The Morgan fingerprint density at radius 3 is 2.56 bits per heavy atom. The zero-order valence-electron chi connectivity index (χ0n) is 19.7. The molecule has 8 nitrogen and oxygen atoms in total. The maximum atomic E-state index is 13.2. The second-order valence-corrected chi connectivity index (χ2v) is 10.6. The number of benzene rings is 1. The summed E-state index contributed by atoms with van der Waals surface area (Å²) in [5.41, 5.74) is 1.49. The number of sulfonamides is 1. The van der Waals surface area contributed by atoms with Gasteiger partial charge in [-0.25, -0.2) is 8.42 Å². The van der Waals surface area contributed by atoms with E-state index in [-0.39, 0.29) is 24.8 Å². The van der Waals surface area contributed by atoms with Gasteiger partial charge in [0, 0.05) is 31.4 Å². The molecule has 9 heteroatoms. The number of carbonyl (C=O) groups is 2. The monoisotopic (exact) mass is 487 g/mol. The van der Waals surface area contributed by atoms with Crippen LogP contribution in [0.5, 0.6) is 0 Å². The number of hydrogen-bond acceptors (Lipinski definition) is 6. The molecule has 0 bridgehead atoms. The van der Waals surface area contributed by atoms with Gasteiger partial charge in [-0.2, -0.15) is 4.31 Å². The smallest absolute Gasteiger partial charge is 0.325 e. The fourth-order valence-electron chi connectivity index (χ4n) is 3.98. The van der Waals surface area contributed by atoms with Crippen molar-refractivity contribution < 1.29 is 22.7 Å². The molecule has 1 aliphatic rings. The number of nitrogens with one attached hydrogen (secondary N) is 1. The second-order valence-electron chi connectivity index (χ2n) is 8.69. The van der Waals surface area contributed by atoms with Crippen LogP contribution in [0.4, 0.5) is 0 Å². The molecule has 2 heterocycles. The average Bonchev–Trinajstić information content (AvgIpc) is 2.86. The number of hydrogen-bond donors (Lipinski definition) is 1. The molecule has 3 atom stereocenters. The van der Waals surface area contributed by atoms with Crippen molar-refractivity contribution in [1.82, 2.24) is 14.6 Å². The Morgan fingerprint density at radius 1 is 1.15 bits per heavy atom. The number of pyridine rings is 1. The molecular formula is C25H33N3O5S. The van der Waals surface area contributed by atoms with Crippen LogP contribution in [-0.2, 0) is 36.6 Å². The van der Waals surface area contributed by atoms with Crippen LogP contribution in [0.2, 0.25) is 0 Å². The highest BCUT2D eigenvalue weighted by Gasteiger charge is 2.40. The summed E-state index contributed by atoms with van der Waals surface area (Å²) in [5.74, 6) is -1.48. The van der Waals surface area contributed by atoms with E-state index in [1.807, 2.05) is 26.0 Å². The van der Waals surface area contributed by atoms with Gasteiger partial charge >= 0.3 is 5.97 Å². The number of esters is 1. The summed E-state index contributed by atoms with van der Waals surface area (Å²) in [7, 11) is -3.73. The predicted molar refractivity (Wildman–Crippen MR) is 129 cm³/mol. The first-order valence-corrected chi connectivity index (χ1v) is 13.3. The lowest BCUT2D eigenvalue weighted by molar-refractivity contribution is -0.163. The van der Waals surface area contributed by atoms with Gasteiger partial charge in [-0.05, 0) is 42.9 Å².